The average molecular weight is 144 g/mol. The van der Waals surface area contributed by atoms with Gasteiger partial charge >= 0.3 is 0 Å². The lowest BCUT2D eigenvalue weighted by Crippen LogP contribution is -2.55. The van der Waals surface area contributed by atoms with Gasteiger partial charge in [0.15, 0.2) is 0 Å². The highest BCUT2D eigenvalue weighted by Gasteiger charge is 2.15. The van der Waals surface area contributed by atoms with E-state index in [1.54, 1.807) is 0 Å². The van der Waals surface area contributed by atoms with Crippen LogP contribution in [0.3, 0.4) is 0 Å². The van der Waals surface area contributed by atoms with Crippen LogP contribution in [-0.2, 0) is 4.84 Å². The Balaban J connectivity index is 1.85. The lowest BCUT2D eigenvalue weighted by atomic mass is 10.2. The summed E-state index contributed by atoms with van der Waals surface area (Å²) in [5.74, 6) is 0.612. The number of hydrogen-bond acceptors (Lipinski definition) is 3. The quantitative estimate of drug-likeness (QED) is 0.550. The van der Waals surface area contributed by atoms with E-state index < -0.39 is 0 Å². The molecule has 0 saturated carbocycles. The monoisotopic (exact) mass is 144 g/mol. The molecule has 0 spiro atoms. The van der Waals surface area contributed by atoms with E-state index in [0.717, 1.165) is 19.7 Å². The highest BCUT2D eigenvalue weighted by Crippen LogP contribution is 1.93. The van der Waals surface area contributed by atoms with Gasteiger partial charge in [-0.3, -0.25) is 0 Å². The Morgan fingerprint density at radius 3 is 2.70 bits per heavy atom. The molecule has 0 aromatic rings. The molecule has 0 aromatic heterocycles. The van der Waals surface area contributed by atoms with Crippen molar-refractivity contribution in [3.8, 4) is 0 Å². The van der Waals surface area contributed by atoms with E-state index in [4.69, 9.17) is 4.84 Å². The summed E-state index contributed by atoms with van der Waals surface area (Å²) in [5, 5.41) is 3.16. The van der Waals surface area contributed by atoms with E-state index in [9.17, 15) is 0 Å². The van der Waals surface area contributed by atoms with Gasteiger partial charge in [0.1, 0.15) is 0 Å². The molecule has 0 amide bonds. The Labute approximate surface area is 62.1 Å². The van der Waals surface area contributed by atoms with E-state index >= 15 is 0 Å². The third-order valence-electron chi connectivity index (χ3n) is 1.45. The maximum absolute atomic E-state index is 5.21. The Kier molecular flexibility index (Phi) is 3.12. The minimum Gasteiger partial charge on any atom is -0.313 e. The fourth-order valence-corrected chi connectivity index (χ4v) is 0.705. The van der Waals surface area contributed by atoms with Crippen molar-refractivity contribution in [1.29, 1.82) is 0 Å². The molecule has 0 aliphatic carbocycles. The third-order valence-corrected chi connectivity index (χ3v) is 1.45. The molecule has 1 fully saturated rings. The van der Waals surface area contributed by atoms with Crippen LogP contribution < -0.4 is 10.8 Å². The second kappa shape index (κ2) is 3.91. The zero-order chi connectivity index (χ0) is 7.40. The van der Waals surface area contributed by atoms with Crippen molar-refractivity contribution < 1.29 is 4.84 Å². The van der Waals surface area contributed by atoms with Crippen LogP contribution in [0.4, 0.5) is 0 Å². The fraction of sp³-hybridized carbons (Fsp3) is 1.00. The SMILES string of the molecule is CC(C)CONC1CNC1. The first-order chi connectivity index (χ1) is 4.79. The minimum atomic E-state index is 0.541. The molecule has 60 valence electrons. The predicted molar refractivity (Wildman–Crippen MR) is 40.6 cm³/mol. The van der Waals surface area contributed by atoms with Gasteiger partial charge in [-0.25, -0.2) is 0 Å². The summed E-state index contributed by atoms with van der Waals surface area (Å²) in [4.78, 5) is 5.21. The van der Waals surface area contributed by atoms with Gasteiger partial charge in [-0.1, -0.05) is 13.8 Å². The largest absolute Gasteiger partial charge is 0.313 e. The third kappa shape index (κ3) is 2.64. The van der Waals surface area contributed by atoms with E-state index in [2.05, 4.69) is 24.6 Å². The maximum atomic E-state index is 5.21. The summed E-state index contributed by atoms with van der Waals surface area (Å²) < 4.78 is 0. The van der Waals surface area contributed by atoms with Crippen molar-refractivity contribution in [1.82, 2.24) is 10.8 Å². The number of hydrogen-bond donors (Lipinski definition) is 2. The van der Waals surface area contributed by atoms with Crippen LogP contribution in [0.2, 0.25) is 0 Å². The van der Waals surface area contributed by atoms with E-state index in [0.29, 0.717) is 12.0 Å². The van der Waals surface area contributed by atoms with Crippen molar-refractivity contribution in [2.24, 2.45) is 5.92 Å². The Hall–Kier alpha value is -0.120. The molecule has 0 bridgehead atoms. The van der Waals surface area contributed by atoms with Crippen molar-refractivity contribution in [3.05, 3.63) is 0 Å². The number of nitrogens with one attached hydrogen (secondary N) is 2. The molecule has 3 nitrogen and oxygen atoms in total. The van der Waals surface area contributed by atoms with Gasteiger partial charge in [-0.15, -0.1) is 0 Å². The van der Waals surface area contributed by atoms with Gasteiger partial charge < -0.3 is 10.2 Å². The number of hydroxylamine groups is 1. The fourth-order valence-electron chi connectivity index (χ4n) is 0.705. The van der Waals surface area contributed by atoms with E-state index in [1.807, 2.05) is 0 Å². The van der Waals surface area contributed by atoms with Gasteiger partial charge in [0.05, 0.1) is 12.6 Å². The molecule has 1 aliphatic heterocycles. The highest BCUT2D eigenvalue weighted by atomic mass is 16.6. The molecule has 0 aromatic carbocycles. The van der Waals surface area contributed by atoms with Crippen LogP contribution in [0.25, 0.3) is 0 Å². The first-order valence-corrected chi connectivity index (χ1v) is 3.87. The summed E-state index contributed by atoms with van der Waals surface area (Å²) >= 11 is 0. The molecule has 2 N–H and O–H groups in total. The van der Waals surface area contributed by atoms with Gasteiger partial charge in [-0.2, -0.15) is 5.48 Å². The first-order valence-electron chi connectivity index (χ1n) is 3.87. The van der Waals surface area contributed by atoms with Gasteiger partial charge in [0, 0.05) is 13.1 Å². The Morgan fingerprint density at radius 1 is 1.60 bits per heavy atom. The normalized spacial score (nSPS) is 19.5. The standard InChI is InChI=1S/C7H16N2O/c1-6(2)5-10-9-7-3-8-4-7/h6-9H,3-5H2,1-2H3. The molecule has 0 atom stereocenters. The van der Waals surface area contributed by atoms with Crippen molar-refractivity contribution >= 4 is 0 Å². The topological polar surface area (TPSA) is 33.3 Å². The summed E-state index contributed by atoms with van der Waals surface area (Å²) in [7, 11) is 0. The van der Waals surface area contributed by atoms with Gasteiger partial charge in [-0.05, 0) is 5.92 Å². The first kappa shape index (κ1) is 7.98. The van der Waals surface area contributed by atoms with Crippen LogP contribution in [0.5, 0.6) is 0 Å². The molecule has 1 aliphatic rings. The summed E-state index contributed by atoms with van der Waals surface area (Å²) in [6, 6.07) is 0.541. The Morgan fingerprint density at radius 2 is 2.30 bits per heavy atom. The van der Waals surface area contributed by atoms with Crippen LogP contribution in [0, 0.1) is 5.92 Å². The van der Waals surface area contributed by atoms with Crippen LogP contribution >= 0.6 is 0 Å². The zero-order valence-electron chi connectivity index (χ0n) is 6.68. The van der Waals surface area contributed by atoms with Crippen LogP contribution in [-0.4, -0.2) is 25.7 Å². The molecule has 0 radical (unpaired) electrons. The summed E-state index contributed by atoms with van der Waals surface area (Å²) in [6.45, 7) is 7.16. The van der Waals surface area contributed by atoms with Gasteiger partial charge in [0.25, 0.3) is 0 Å². The number of rotatable bonds is 4. The molecule has 3 heteroatoms. The second-order valence-corrected chi connectivity index (χ2v) is 3.18. The molecular formula is C7H16N2O. The van der Waals surface area contributed by atoms with E-state index in [1.165, 1.54) is 0 Å². The summed E-state index contributed by atoms with van der Waals surface area (Å²) in [6.07, 6.45) is 0. The molecule has 0 unspecified atom stereocenters. The van der Waals surface area contributed by atoms with E-state index in [-0.39, 0.29) is 0 Å². The van der Waals surface area contributed by atoms with Crippen molar-refractivity contribution in [2.75, 3.05) is 19.7 Å². The van der Waals surface area contributed by atoms with Crippen LogP contribution in [0.1, 0.15) is 13.8 Å². The summed E-state index contributed by atoms with van der Waals surface area (Å²) in [5.41, 5.74) is 2.99. The molecule has 1 saturated heterocycles. The second-order valence-electron chi connectivity index (χ2n) is 3.18. The van der Waals surface area contributed by atoms with Crippen molar-refractivity contribution in [2.45, 2.75) is 19.9 Å². The zero-order valence-corrected chi connectivity index (χ0v) is 6.68. The molecule has 10 heavy (non-hydrogen) atoms. The van der Waals surface area contributed by atoms with Crippen LogP contribution in [0.15, 0.2) is 0 Å². The smallest absolute Gasteiger partial charge is 0.0705 e. The van der Waals surface area contributed by atoms with Gasteiger partial charge in [0.2, 0.25) is 0 Å². The predicted octanol–water partition coefficient (Wildman–Crippen LogP) is 0.135. The minimum absolute atomic E-state index is 0.541. The molecular weight excluding hydrogens is 128 g/mol. The van der Waals surface area contributed by atoms with Crippen molar-refractivity contribution in [3.63, 3.8) is 0 Å². The average Bonchev–Trinajstić information content (AvgIpc) is 1.75. The lowest BCUT2D eigenvalue weighted by molar-refractivity contribution is -0.0101. The Bertz CT molecular complexity index is 91.6. The molecule has 1 rings (SSSR count). The molecule has 1 heterocycles. The lowest BCUT2D eigenvalue weighted by Gasteiger charge is -2.27. The maximum Gasteiger partial charge on any atom is 0.0705 e. The highest BCUT2D eigenvalue weighted by molar-refractivity contribution is 4.78.